The average molecular weight is 305 g/mol. The maximum absolute atomic E-state index is 12.5. The third-order valence-corrected chi connectivity index (χ3v) is 4.36. The molecule has 0 aliphatic heterocycles. The van der Waals surface area contributed by atoms with Crippen molar-refractivity contribution in [3.8, 4) is 11.5 Å². The molecule has 112 valence electrons. The Kier molecular flexibility index (Phi) is 5.22. The number of benzene rings is 2. The standard InChI is InChI=1S/C16H19NO3S/c1-3-20-16-9-4-13(17)10-12(16)11-21(18)15-7-5-14(19-2)6-8-15/h4-10H,3,11,17H2,1-2H3. The van der Waals surface area contributed by atoms with Gasteiger partial charge in [-0.1, -0.05) is 0 Å². The first-order valence-electron chi connectivity index (χ1n) is 6.67. The molecule has 0 heterocycles. The summed E-state index contributed by atoms with van der Waals surface area (Å²) in [6.45, 7) is 2.48. The summed E-state index contributed by atoms with van der Waals surface area (Å²) in [5.41, 5.74) is 7.30. The first-order valence-corrected chi connectivity index (χ1v) is 7.99. The highest BCUT2D eigenvalue weighted by atomic mass is 32.2. The number of methoxy groups -OCH3 is 1. The zero-order valence-electron chi connectivity index (χ0n) is 12.2. The predicted molar refractivity (Wildman–Crippen MR) is 85.1 cm³/mol. The number of ether oxygens (including phenoxy) is 2. The van der Waals surface area contributed by atoms with Gasteiger partial charge in [-0.2, -0.15) is 0 Å². The lowest BCUT2D eigenvalue weighted by atomic mass is 10.2. The third kappa shape index (κ3) is 3.98. The topological polar surface area (TPSA) is 61.5 Å². The van der Waals surface area contributed by atoms with Crippen molar-refractivity contribution in [2.45, 2.75) is 17.6 Å². The van der Waals surface area contributed by atoms with Gasteiger partial charge in [0, 0.05) is 16.1 Å². The van der Waals surface area contributed by atoms with Crippen LogP contribution in [0.25, 0.3) is 0 Å². The van der Waals surface area contributed by atoms with E-state index in [4.69, 9.17) is 15.2 Å². The zero-order valence-corrected chi connectivity index (χ0v) is 13.0. The molecule has 0 bridgehead atoms. The first kappa shape index (κ1) is 15.4. The number of nitrogen functional groups attached to an aromatic ring is 1. The molecule has 0 aliphatic carbocycles. The summed E-state index contributed by atoms with van der Waals surface area (Å²) in [4.78, 5) is 0.751. The van der Waals surface area contributed by atoms with E-state index in [9.17, 15) is 4.21 Å². The Balaban J connectivity index is 2.19. The SMILES string of the molecule is CCOc1ccc(N)cc1CS(=O)c1ccc(OC)cc1. The molecule has 0 amide bonds. The molecule has 2 N–H and O–H groups in total. The fourth-order valence-electron chi connectivity index (χ4n) is 1.96. The lowest BCUT2D eigenvalue weighted by molar-refractivity contribution is 0.337. The van der Waals surface area contributed by atoms with Crippen molar-refractivity contribution in [3.05, 3.63) is 48.0 Å². The van der Waals surface area contributed by atoms with Gasteiger partial charge in [0.05, 0.1) is 30.3 Å². The van der Waals surface area contributed by atoms with Crippen molar-refractivity contribution in [3.63, 3.8) is 0 Å². The minimum atomic E-state index is -1.16. The van der Waals surface area contributed by atoms with Gasteiger partial charge in [0.1, 0.15) is 11.5 Å². The Bertz CT molecular complexity index is 626. The Labute approximate surface area is 127 Å². The minimum Gasteiger partial charge on any atom is -0.497 e. The Morgan fingerprint density at radius 1 is 1.14 bits per heavy atom. The molecule has 1 unspecified atom stereocenters. The van der Waals surface area contributed by atoms with Crippen LogP contribution in [0, 0.1) is 0 Å². The van der Waals surface area contributed by atoms with Crippen molar-refractivity contribution in [1.82, 2.24) is 0 Å². The summed E-state index contributed by atoms with van der Waals surface area (Å²) in [7, 11) is 0.446. The molecular formula is C16H19NO3S. The molecule has 2 aromatic carbocycles. The molecular weight excluding hydrogens is 286 g/mol. The maximum Gasteiger partial charge on any atom is 0.123 e. The molecule has 0 fully saturated rings. The average Bonchev–Trinajstić information content (AvgIpc) is 2.50. The number of nitrogens with two attached hydrogens (primary N) is 1. The number of hydrogen-bond donors (Lipinski definition) is 1. The van der Waals surface area contributed by atoms with Crippen LogP contribution in [-0.4, -0.2) is 17.9 Å². The van der Waals surface area contributed by atoms with Crippen molar-refractivity contribution in [2.75, 3.05) is 19.5 Å². The van der Waals surface area contributed by atoms with Crippen molar-refractivity contribution < 1.29 is 13.7 Å². The summed E-state index contributed by atoms with van der Waals surface area (Å²) < 4.78 is 23.1. The van der Waals surface area contributed by atoms with Gasteiger partial charge in [-0.25, -0.2) is 0 Å². The molecule has 2 aromatic rings. The van der Waals surface area contributed by atoms with Gasteiger partial charge >= 0.3 is 0 Å². The lowest BCUT2D eigenvalue weighted by Gasteiger charge is -2.11. The zero-order chi connectivity index (χ0) is 15.2. The van der Waals surface area contributed by atoms with Crippen LogP contribution in [-0.2, 0) is 16.6 Å². The summed E-state index contributed by atoms with van der Waals surface area (Å²) in [5.74, 6) is 1.84. The van der Waals surface area contributed by atoms with E-state index in [1.54, 1.807) is 25.3 Å². The third-order valence-electron chi connectivity index (χ3n) is 2.99. The van der Waals surface area contributed by atoms with Crippen LogP contribution >= 0.6 is 0 Å². The van der Waals surface area contributed by atoms with Gasteiger partial charge in [0.2, 0.25) is 0 Å². The molecule has 0 spiro atoms. The van der Waals surface area contributed by atoms with E-state index >= 15 is 0 Å². The number of rotatable bonds is 6. The highest BCUT2D eigenvalue weighted by molar-refractivity contribution is 7.84. The second kappa shape index (κ2) is 7.13. The predicted octanol–water partition coefficient (Wildman–Crippen LogP) is 2.98. The normalized spacial score (nSPS) is 11.9. The molecule has 4 nitrogen and oxygen atoms in total. The first-order chi connectivity index (χ1) is 10.1. The van der Waals surface area contributed by atoms with Crippen LogP contribution < -0.4 is 15.2 Å². The van der Waals surface area contributed by atoms with Crippen LogP contribution in [0.15, 0.2) is 47.4 Å². The van der Waals surface area contributed by atoms with Crippen molar-refractivity contribution in [2.24, 2.45) is 0 Å². The maximum atomic E-state index is 12.5. The van der Waals surface area contributed by atoms with Gasteiger partial charge in [-0.3, -0.25) is 4.21 Å². The minimum absolute atomic E-state index is 0.368. The second-order valence-corrected chi connectivity index (χ2v) is 5.92. The number of hydrogen-bond acceptors (Lipinski definition) is 4. The molecule has 0 saturated heterocycles. The van der Waals surface area contributed by atoms with E-state index in [1.165, 1.54) is 0 Å². The van der Waals surface area contributed by atoms with Gasteiger partial charge < -0.3 is 15.2 Å². The van der Waals surface area contributed by atoms with E-state index in [2.05, 4.69) is 0 Å². The van der Waals surface area contributed by atoms with Crippen LogP contribution in [0.4, 0.5) is 5.69 Å². The van der Waals surface area contributed by atoms with Crippen LogP contribution in [0.3, 0.4) is 0 Å². The molecule has 0 saturated carbocycles. The monoisotopic (exact) mass is 305 g/mol. The van der Waals surface area contributed by atoms with E-state index in [0.29, 0.717) is 18.0 Å². The molecule has 0 aliphatic rings. The lowest BCUT2D eigenvalue weighted by Crippen LogP contribution is -2.02. The smallest absolute Gasteiger partial charge is 0.123 e. The van der Waals surface area contributed by atoms with Gasteiger partial charge in [0.15, 0.2) is 0 Å². The highest BCUT2D eigenvalue weighted by Crippen LogP contribution is 2.25. The van der Waals surface area contributed by atoms with Gasteiger partial charge in [-0.15, -0.1) is 0 Å². The molecule has 21 heavy (non-hydrogen) atoms. The second-order valence-electron chi connectivity index (χ2n) is 4.47. The summed E-state index contributed by atoms with van der Waals surface area (Å²) in [6.07, 6.45) is 0. The summed E-state index contributed by atoms with van der Waals surface area (Å²) in [5, 5.41) is 0. The Morgan fingerprint density at radius 3 is 2.48 bits per heavy atom. The van der Waals surface area contributed by atoms with Crippen LogP contribution in [0.5, 0.6) is 11.5 Å². The molecule has 0 aromatic heterocycles. The largest absolute Gasteiger partial charge is 0.497 e. The van der Waals surface area contributed by atoms with E-state index < -0.39 is 10.8 Å². The summed E-state index contributed by atoms with van der Waals surface area (Å²) >= 11 is 0. The Morgan fingerprint density at radius 2 is 1.86 bits per heavy atom. The van der Waals surface area contributed by atoms with Crippen molar-refractivity contribution in [1.29, 1.82) is 0 Å². The fourth-order valence-corrected chi connectivity index (χ4v) is 3.07. The molecule has 5 heteroatoms. The quantitative estimate of drug-likeness (QED) is 0.833. The van der Waals surface area contributed by atoms with E-state index in [0.717, 1.165) is 22.0 Å². The van der Waals surface area contributed by atoms with E-state index in [-0.39, 0.29) is 0 Å². The highest BCUT2D eigenvalue weighted by Gasteiger charge is 2.10. The Hall–Kier alpha value is -2.01. The fraction of sp³-hybridized carbons (Fsp3) is 0.250. The van der Waals surface area contributed by atoms with Gasteiger partial charge in [-0.05, 0) is 49.4 Å². The molecule has 2 rings (SSSR count). The van der Waals surface area contributed by atoms with Crippen LogP contribution in [0.2, 0.25) is 0 Å². The summed E-state index contributed by atoms with van der Waals surface area (Å²) in [6, 6.07) is 12.6. The van der Waals surface area contributed by atoms with Crippen LogP contribution in [0.1, 0.15) is 12.5 Å². The number of anilines is 1. The van der Waals surface area contributed by atoms with Crippen molar-refractivity contribution >= 4 is 16.5 Å². The molecule has 0 radical (unpaired) electrons. The van der Waals surface area contributed by atoms with E-state index in [1.807, 2.05) is 31.2 Å². The molecule has 1 atom stereocenters. The van der Waals surface area contributed by atoms with Gasteiger partial charge in [0.25, 0.3) is 0 Å².